The summed E-state index contributed by atoms with van der Waals surface area (Å²) < 4.78 is 2.06. The predicted octanol–water partition coefficient (Wildman–Crippen LogP) is 5.80. The number of halogens is 1. The Kier molecular flexibility index (Phi) is 7.03. The number of amides is 1. The van der Waals surface area contributed by atoms with Crippen LogP contribution in [-0.4, -0.2) is 27.0 Å². The van der Waals surface area contributed by atoms with Gasteiger partial charge in [-0.25, -0.2) is 9.97 Å². The Balaban J connectivity index is 1.33. The number of rotatable bonds is 9. The summed E-state index contributed by atoms with van der Waals surface area (Å²) in [6.07, 6.45) is 8.12. The van der Waals surface area contributed by atoms with Gasteiger partial charge in [0.1, 0.15) is 4.88 Å². The average Bonchev–Trinajstić information content (AvgIpc) is 3.46. The van der Waals surface area contributed by atoms with Crippen molar-refractivity contribution in [1.82, 2.24) is 14.5 Å². The molecule has 0 atom stereocenters. The Bertz CT molecular complexity index is 1170. The lowest BCUT2D eigenvalue weighted by atomic mass is 10.2. The van der Waals surface area contributed by atoms with Crippen molar-refractivity contribution in [3.8, 4) is 0 Å². The molecule has 0 aliphatic carbocycles. The molecule has 4 rings (SSSR count). The van der Waals surface area contributed by atoms with Gasteiger partial charge in [-0.3, -0.25) is 4.79 Å². The summed E-state index contributed by atoms with van der Waals surface area (Å²) in [7, 11) is 0. The van der Waals surface area contributed by atoms with E-state index in [9.17, 15) is 4.79 Å². The van der Waals surface area contributed by atoms with Gasteiger partial charge in [-0.2, -0.15) is 0 Å². The molecule has 0 aliphatic heterocycles. The normalized spacial score (nSPS) is 10.7. The maximum absolute atomic E-state index is 12.6. The number of para-hydroxylation sites is 1. The van der Waals surface area contributed by atoms with Crippen LogP contribution in [0.25, 0.3) is 0 Å². The molecule has 0 bridgehead atoms. The zero-order valence-electron chi connectivity index (χ0n) is 17.5. The van der Waals surface area contributed by atoms with Crippen LogP contribution in [0, 0.1) is 6.92 Å². The molecule has 2 aromatic heterocycles. The van der Waals surface area contributed by atoms with E-state index in [2.05, 4.69) is 30.5 Å². The fraction of sp³-hybridized carbons (Fsp3) is 0.174. The summed E-state index contributed by atoms with van der Waals surface area (Å²) in [6.45, 7) is 3.67. The van der Waals surface area contributed by atoms with Gasteiger partial charge in [-0.15, -0.1) is 0 Å². The molecule has 7 nitrogen and oxygen atoms in total. The Morgan fingerprint density at radius 2 is 2.03 bits per heavy atom. The summed E-state index contributed by atoms with van der Waals surface area (Å²) in [5.74, 6) is -0.236. The second-order valence-corrected chi connectivity index (χ2v) is 8.64. The van der Waals surface area contributed by atoms with E-state index in [4.69, 9.17) is 11.6 Å². The smallest absolute Gasteiger partial charge is 0.267 e. The van der Waals surface area contributed by atoms with Gasteiger partial charge in [-0.1, -0.05) is 41.1 Å². The fourth-order valence-corrected chi connectivity index (χ4v) is 4.15. The third-order valence-electron chi connectivity index (χ3n) is 4.79. The van der Waals surface area contributed by atoms with Gasteiger partial charge >= 0.3 is 0 Å². The van der Waals surface area contributed by atoms with Crippen LogP contribution >= 0.6 is 22.9 Å². The molecule has 0 aliphatic rings. The van der Waals surface area contributed by atoms with E-state index < -0.39 is 0 Å². The van der Waals surface area contributed by atoms with E-state index in [0.29, 0.717) is 20.7 Å². The summed E-state index contributed by atoms with van der Waals surface area (Å²) in [4.78, 5) is 21.5. The van der Waals surface area contributed by atoms with E-state index in [0.717, 1.165) is 36.4 Å². The highest BCUT2D eigenvalue weighted by molar-refractivity contribution is 7.17. The minimum atomic E-state index is -0.236. The van der Waals surface area contributed by atoms with Crippen LogP contribution in [0.15, 0.2) is 67.4 Å². The quantitative estimate of drug-likeness (QED) is 0.271. The van der Waals surface area contributed by atoms with Gasteiger partial charge in [0.2, 0.25) is 0 Å². The number of benzene rings is 2. The van der Waals surface area contributed by atoms with E-state index in [-0.39, 0.29) is 5.91 Å². The molecular weight excluding hydrogens is 444 g/mol. The number of hydrogen-bond acceptors (Lipinski definition) is 6. The highest BCUT2D eigenvalue weighted by Gasteiger charge is 2.14. The second kappa shape index (κ2) is 10.3. The predicted molar refractivity (Wildman–Crippen MR) is 131 cm³/mol. The Morgan fingerprint density at radius 3 is 2.84 bits per heavy atom. The molecule has 1 amide bonds. The number of imidazole rings is 1. The van der Waals surface area contributed by atoms with Crippen molar-refractivity contribution in [2.24, 2.45) is 0 Å². The van der Waals surface area contributed by atoms with Crippen LogP contribution in [-0.2, 0) is 6.54 Å². The summed E-state index contributed by atoms with van der Waals surface area (Å²) >= 11 is 7.50. The summed E-state index contributed by atoms with van der Waals surface area (Å²) in [5.41, 5.74) is 3.44. The molecule has 32 heavy (non-hydrogen) atoms. The van der Waals surface area contributed by atoms with Crippen LogP contribution in [0.4, 0.5) is 22.2 Å². The number of aryl methyl sites for hydroxylation is 2. The summed E-state index contributed by atoms with van der Waals surface area (Å²) in [6, 6.07) is 13.5. The average molecular weight is 467 g/mol. The molecule has 0 fully saturated rings. The zero-order chi connectivity index (χ0) is 22.3. The van der Waals surface area contributed by atoms with Crippen molar-refractivity contribution in [2.75, 3.05) is 22.5 Å². The SMILES string of the molecule is Cc1cccc(Cl)c1NC(=O)c1cnc(Nc2cccc(NCCCn3ccnc3)c2)s1. The van der Waals surface area contributed by atoms with Crippen molar-refractivity contribution < 1.29 is 4.79 Å². The lowest BCUT2D eigenvalue weighted by Crippen LogP contribution is -2.11. The zero-order valence-corrected chi connectivity index (χ0v) is 19.1. The van der Waals surface area contributed by atoms with Gasteiger partial charge in [0.05, 0.1) is 23.2 Å². The number of thiazole rings is 1. The first-order valence-electron chi connectivity index (χ1n) is 10.2. The number of nitrogens with zero attached hydrogens (tertiary/aromatic N) is 3. The van der Waals surface area contributed by atoms with Crippen molar-refractivity contribution in [2.45, 2.75) is 19.9 Å². The molecule has 9 heteroatoms. The topological polar surface area (TPSA) is 83.9 Å². The second-order valence-electron chi connectivity index (χ2n) is 7.20. The highest BCUT2D eigenvalue weighted by atomic mass is 35.5. The van der Waals surface area contributed by atoms with Crippen LogP contribution < -0.4 is 16.0 Å². The first-order valence-corrected chi connectivity index (χ1v) is 11.4. The molecule has 0 saturated heterocycles. The maximum Gasteiger partial charge on any atom is 0.267 e. The lowest BCUT2D eigenvalue weighted by Gasteiger charge is -2.09. The number of anilines is 4. The number of carbonyl (C=O) groups is 1. The molecule has 164 valence electrons. The van der Waals surface area contributed by atoms with Gasteiger partial charge in [0, 0.05) is 36.9 Å². The van der Waals surface area contributed by atoms with E-state index in [1.165, 1.54) is 11.3 Å². The highest BCUT2D eigenvalue weighted by Crippen LogP contribution is 2.28. The van der Waals surface area contributed by atoms with Gasteiger partial charge in [0.25, 0.3) is 5.91 Å². The lowest BCUT2D eigenvalue weighted by molar-refractivity contribution is 0.103. The molecule has 0 unspecified atom stereocenters. The van der Waals surface area contributed by atoms with Crippen molar-refractivity contribution in [1.29, 1.82) is 0 Å². The minimum absolute atomic E-state index is 0.236. The first-order chi connectivity index (χ1) is 15.6. The van der Waals surface area contributed by atoms with E-state index in [1.807, 2.05) is 55.8 Å². The maximum atomic E-state index is 12.6. The molecule has 2 aromatic carbocycles. The molecule has 3 N–H and O–H groups in total. The van der Waals surface area contributed by atoms with Crippen LogP contribution in [0.3, 0.4) is 0 Å². The van der Waals surface area contributed by atoms with Crippen molar-refractivity contribution in [3.63, 3.8) is 0 Å². The molecule has 0 radical (unpaired) electrons. The van der Waals surface area contributed by atoms with Crippen LogP contribution in [0.5, 0.6) is 0 Å². The Morgan fingerprint density at radius 1 is 1.19 bits per heavy atom. The minimum Gasteiger partial charge on any atom is -0.385 e. The van der Waals surface area contributed by atoms with Crippen molar-refractivity contribution in [3.05, 3.63) is 82.8 Å². The molecule has 2 heterocycles. The van der Waals surface area contributed by atoms with E-state index >= 15 is 0 Å². The number of hydrogen-bond donors (Lipinski definition) is 3. The molecule has 0 saturated carbocycles. The summed E-state index contributed by atoms with van der Waals surface area (Å²) in [5, 5.41) is 10.7. The first kappa shape index (κ1) is 21.9. The van der Waals surface area contributed by atoms with Gasteiger partial charge in [0.15, 0.2) is 5.13 Å². The monoisotopic (exact) mass is 466 g/mol. The standard InChI is InChI=1S/C23H23ClN6OS/c1-16-5-2-8-19(24)21(16)29-22(31)20-14-27-23(32-20)28-18-7-3-6-17(13-18)26-9-4-11-30-12-10-25-15-30/h2-3,5-8,10,12-15,26H,4,9,11H2,1H3,(H,27,28)(H,29,31). The van der Waals surface area contributed by atoms with Gasteiger partial charge in [-0.05, 0) is 43.2 Å². The van der Waals surface area contributed by atoms with E-state index in [1.54, 1.807) is 18.5 Å². The van der Waals surface area contributed by atoms with Gasteiger partial charge < -0.3 is 20.5 Å². The third kappa shape index (κ3) is 5.66. The number of aromatic nitrogens is 3. The molecular formula is C23H23ClN6OS. The fourth-order valence-electron chi connectivity index (χ4n) is 3.15. The Labute approximate surface area is 195 Å². The van der Waals surface area contributed by atoms with Crippen molar-refractivity contribution >= 4 is 51.0 Å². The molecule has 0 spiro atoms. The third-order valence-corrected chi connectivity index (χ3v) is 6.01. The largest absolute Gasteiger partial charge is 0.385 e. The number of carbonyl (C=O) groups excluding carboxylic acids is 1. The molecule has 4 aromatic rings. The van der Waals surface area contributed by atoms with Crippen LogP contribution in [0.1, 0.15) is 21.7 Å². The Hall–Kier alpha value is -3.36. The van der Waals surface area contributed by atoms with Crippen LogP contribution in [0.2, 0.25) is 5.02 Å². The number of nitrogens with one attached hydrogen (secondary N) is 3.